The van der Waals surface area contributed by atoms with Gasteiger partial charge in [0, 0.05) is 11.9 Å². The Morgan fingerprint density at radius 3 is 2.76 bits per heavy atom. The van der Waals surface area contributed by atoms with E-state index in [0.717, 1.165) is 16.8 Å². The first kappa shape index (κ1) is 12.8. The topological polar surface area (TPSA) is 62.1 Å². The van der Waals surface area contributed by atoms with E-state index in [-0.39, 0.29) is 5.57 Å². The van der Waals surface area contributed by atoms with Crippen molar-refractivity contribution in [2.45, 2.75) is 13.8 Å². The largest absolute Gasteiger partial charge is 0.465 e. The number of carbonyl (C=O) groups is 1. The second kappa shape index (κ2) is 5.71. The maximum Gasteiger partial charge on any atom is 0.350 e. The van der Waals surface area contributed by atoms with Crippen LogP contribution in [0.2, 0.25) is 0 Å². The van der Waals surface area contributed by atoms with Gasteiger partial charge in [0.2, 0.25) is 0 Å². The molecule has 1 rings (SSSR count). The number of hydrogen-bond acceptors (Lipinski definition) is 4. The predicted molar refractivity (Wildman–Crippen MR) is 65.3 cm³/mol. The van der Waals surface area contributed by atoms with Crippen LogP contribution in [0.1, 0.15) is 11.1 Å². The maximum atomic E-state index is 11.2. The van der Waals surface area contributed by atoms with E-state index in [1.165, 1.54) is 13.3 Å². The Morgan fingerprint density at radius 2 is 2.18 bits per heavy atom. The molecule has 0 aromatic heterocycles. The number of methoxy groups -OCH3 is 1. The van der Waals surface area contributed by atoms with Gasteiger partial charge in [-0.3, -0.25) is 0 Å². The molecule has 4 nitrogen and oxygen atoms in total. The predicted octanol–water partition coefficient (Wildman–Crippen LogP) is 2.30. The van der Waals surface area contributed by atoms with Crippen LogP contribution in [0.5, 0.6) is 0 Å². The Bertz CT molecular complexity index is 499. The molecule has 1 N–H and O–H groups in total. The highest BCUT2D eigenvalue weighted by atomic mass is 16.5. The highest BCUT2D eigenvalue weighted by molar-refractivity contribution is 5.93. The Labute approximate surface area is 101 Å². The summed E-state index contributed by atoms with van der Waals surface area (Å²) in [4.78, 5) is 11.2. The van der Waals surface area contributed by atoms with Crippen molar-refractivity contribution in [1.82, 2.24) is 0 Å². The van der Waals surface area contributed by atoms with Crippen LogP contribution in [0.25, 0.3) is 0 Å². The molecule has 0 fully saturated rings. The number of anilines is 1. The summed E-state index contributed by atoms with van der Waals surface area (Å²) in [6.45, 7) is 3.96. The van der Waals surface area contributed by atoms with Crippen LogP contribution in [-0.2, 0) is 9.53 Å². The molecule has 0 unspecified atom stereocenters. The summed E-state index contributed by atoms with van der Waals surface area (Å²) in [5.41, 5.74) is 3.01. The minimum absolute atomic E-state index is 0.0617. The van der Waals surface area contributed by atoms with Gasteiger partial charge in [-0.15, -0.1) is 0 Å². The second-order valence-electron chi connectivity index (χ2n) is 3.55. The monoisotopic (exact) mass is 230 g/mol. The average molecular weight is 230 g/mol. The van der Waals surface area contributed by atoms with Gasteiger partial charge in [0.25, 0.3) is 0 Å². The molecule has 88 valence electrons. The van der Waals surface area contributed by atoms with Crippen molar-refractivity contribution in [2.24, 2.45) is 0 Å². The number of ether oxygens (including phenoxy) is 1. The SMILES string of the molecule is COC(=O)/C(C#N)=C\Nc1cccc(C)c1C. The van der Waals surface area contributed by atoms with Crippen LogP contribution in [0.3, 0.4) is 0 Å². The molecule has 0 radical (unpaired) electrons. The van der Waals surface area contributed by atoms with Gasteiger partial charge in [0.15, 0.2) is 5.57 Å². The van der Waals surface area contributed by atoms with Gasteiger partial charge in [0.1, 0.15) is 6.07 Å². The second-order valence-corrected chi connectivity index (χ2v) is 3.55. The summed E-state index contributed by atoms with van der Waals surface area (Å²) < 4.78 is 4.48. The van der Waals surface area contributed by atoms with Crippen LogP contribution in [-0.4, -0.2) is 13.1 Å². The van der Waals surface area contributed by atoms with Crippen molar-refractivity contribution in [3.8, 4) is 6.07 Å². The molecule has 1 aromatic carbocycles. The van der Waals surface area contributed by atoms with Gasteiger partial charge in [-0.25, -0.2) is 4.79 Å². The number of esters is 1. The normalized spacial score (nSPS) is 10.6. The number of hydrogen-bond donors (Lipinski definition) is 1. The third kappa shape index (κ3) is 3.08. The first-order valence-corrected chi connectivity index (χ1v) is 5.11. The fourth-order valence-electron chi connectivity index (χ4n) is 1.30. The van der Waals surface area contributed by atoms with Crippen LogP contribution in [0, 0.1) is 25.2 Å². The Hall–Kier alpha value is -2.28. The standard InChI is InChI=1S/C13H14N2O2/c1-9-5-4-6-12(10(9)2)15-8-11(7-14)13(16)17-3/h4-6,8,15H,1-3H3/b11-8-. The Morgan fingerprint density at radius 1 is 1.47 bits per heavy atom. The van der Waals surface area contributed by atoms with Crippen LogP contribution in [0.15, 0.2) is 30.0 Å². The van der Waals surface area contributed by atoms with E-state index in [1.807, 2.05) is 32.0 Å². The molecule has 0 amide bonds. The van der Waals surface area contributed by atoms with Crippen molar-refractivity contribution in [3.05, 3.63) is 41.1 Å². The van der Waals surface area contributed by atoms with E-state index < -0.39 is 5.97 Å². The summed E-state index contributed by atoms with van der Waals surface area (Å²) in [7, 11) is 1.24. The number of rotatable bonds is 3. The van der Waals surface area contributed by atoms with Crippen LogP contribution in [0.4, 0.5) is 5.69 Å². The number of nitrogens with one attached hydrogen (secondary N) is 1. The maximum absolute atomic E-state index is 11.2. The van der Waals surface area contributed by atoms with E-state index in [2.05, 4.69) is 10.1 Å². The molecular weight excluding hydrogens is 216 g/mol. The van der Waals surface area contributed by atoms with E-state index in [1.54, 1.807) is 6.07 Å². The highest BCUT2D eigenvalue weighted by Crippen LogP contribution is 2.18. The van der Waals surface area contributed by atoms with Gasteiger partial charge >= 0.3 is 5.97 Å². The molecule has 1 aromatic rings. The average Bonchev–Trinajstić information content (AvgIpc) is 2.34. The van der Waals surface area contributed by atoms with Gasteiger partial charge < -0.3 is 10.1 Å². The summed E-state index contributed by atoms with van der Waals surface area (Å²) in [6, 6.07) is 7.56. The minimum atomic E-state index is -0.648. The Kier molecular flexibility index (Phi) is 4.29. The molecule has 0 aliphatic carbocycles. The third-order valence-electron chi connectivity index (χ3n) is 2.50. The fourth-order valence-corrected chi connectivity index (χ4v) is 1.30. The smallest absolute Gasteiger partial charge is 0.350 e. The molecule has 0 aliphatic heterocycles. The molecule has 0 saturated carbocycles. The molecule has 0 heterocycles. The number of carbonyl (C=O) groups excluding carboxylic acids is 1. The van der Waals surface area contributed by atoms with E-state index in [0.29, 0.717) is 0 Å². The zero-order chi connectivity index (χ0) is 12.8. The lowest BCUT2D eigenvalue weighted by molar-refractivity contribution is -0.135. The lowest BCUT2D eigenvalue weighted by Gasteiger charge is -2.08. The molecule has 0 atom stereocenters. The molecule has 0 spiro atoms. The Balaban J connectivity index is 2.93. The quantitative estimate of drug-likeness (QED) is 0.491. The summed E-state index contributed by atoms with van der Waals surface area (Å²) in [5, 5.41) is 11.7. The summed E-state index contributed by atoms with van der Waals surface area (Å²) in [5.74, 6) is -0.648. The summed E-state index contributed by atoms with van der Waals surface area (Å²) in [6.07, 6.45) is 1.35. The molecule has 0 bridgehead atoms. The van der Waals surface area contributed by atoms with Crippen molar-refractivity contribution in [1.29, 1.82) is 5.26 Å². The van der Waals surface area contributed by atoms with E-state index in [4.69, 9.17) is 5.26 Å². The van der Waals surface area contributed by atoms with Gasteiger partial charge in [0.05, 0.1) is 7.11 Å². The fraction of sp³-hybridized carbons (Fsp3) is 0.231. The third-order valence-corrected chi connectivity index (χ3v) is 2.50. The molecular formula is C13H14N2O2. The number of nitrogens with zero attached hydrogens (tertiary/aromatic N) is 1. The van der Waals surface area contributed by atoms with E-state index in [9.17, 15) is 4.79 Å². The van der Waals surface area contributed by atoms with Crippen LogP contribution >= 0.6 is 0 Å². The van der Waals surface area contributed by atoms with Crippen molar-refractivity contribution >= 4 is 11.7 Å². The van der Waals surface area contributed by atoms with Crippen molar-refractivity contribution in [2.75, 3.05) is 12.4 Å². The van der Waals surface area contributed by atoms with Crippen LogP contribution < -0.4 is 5.32 Å². The number of benzene rings is 1. The molecule has 0 aliphatic rings. The van der Waals surface area contributed by atoms with E-state index >= 15 is 0 Å². The lowest BCUT2D eigenvalue weighted by atomic mass is 10.1. The summed E-state index contributed by atoms with van der Waals surface area (Å²) >= 11 is 0. The van der Waals surface area contributed by atoms with Crippen molar-refractivity contribution in [3.63, 3.8) is 0 Å². The lowest BCUT2D eigenvalue weighted by Crippen LogP contribution is -2.05. The van der Waals surface area contributed by atoms with Crippen molar-refractivity contribution < 1.29 is 9.53 Å². The first-order valence-electron chi connectivity index (χ1n) is 5.11. The number of aryl methyl sites for hydroxylation is 1. The van der Waals surface area contributed by atoms with Gasteiger partial charge in [-0.2, -0.15) is 5.26 Å². The van der Waals surface area contributed by atoms with Gasteiger partial charge in [-0.05, 0) is 31.0 Å². The first-order chi connectivity index (χ1) is 8.10. The van der Waals surface area contributed by atoms with Gasteiger partial charge in [-0.1, -0.05) is 12.1 Å². The zero-order valence-corrected chi connectivity index (χ0v) is 10.1. The zero-order valence-electron chi connectivity index (χ0n) is 10.1. The minimum Gasteiger partial charge on any atom is -0.465 e. The molecule has 4 heteroatoms. The molecule has 0 saturated heterocycles. The highest BCUT2D eigenvalue weighted by Gasteiger charge is 2.08. The number of nitriles is 1. The molecule has 17 heavy (non-hydrogen) atoms.